The van der Waals surface area contributed by atoms with E-state index in [4.69, 9.17) is 11.8 Å². The summed E-state index contributed by atoms with van der Waals surface area (Å²) in [6.45, 7) is 6.97. The lowest BCUT2D eigenvalue weighted by molar-refractivity contribution is 1.26. The third-order valence-electron chi connectivity index (χ3n) is 3.43. The van der Waals surface area contributed by atoms with Crippen molar-refractivity contribution in [3.63, 3.8) is 0 Å². The number of rotatable bonds is 2. The Morgan fingerprint density at radius 1 is 0.773 bits per heavy atom. The Bertz CT molecular complexity index is 786. The molecule has 0 unspecified atom stereocenters. The molecule has 0 atom stereocenters. The number of aromatic nitrogens is 1. The molecule has 0 amide bonds. The van der Waals surface area contributed by atoms with Crippen LogP contribution in [0.5, 0.6) is 0 Å². The molecule has 0 aliphatic rings. The Hall–Kier alpha value is -3.43. The maximum Gasteiger partial charge on any atom is 0.187 e. The van der Waals surface area contributed by atoms with Crippen LogP contribution in [-0.4, -0.2) is 4.98 Å². The standard InChI is InChI=1S/C19H11N3/c1-21-18-9-6-15(7-10-18)14-2-4-16(5-3-14)17-8-11-19(12-20)22-13-17/h2-11,13H. The van der Waals surface area contributed by atoms with E-state index < -0.39 is 0 Å². The molecule has 0 saturated carbocycles. The van der Waals surface area contributed by atoms with Crippen molar-refractivity contribution in [1.29, 1.82) is 5.26 Å². The van der Waals surface area contributed by atoms with Crippen LogP contribution in [0.2, 0.25) is 0 Å². The summed E-state index contributed by atoms with van der Waals surface area (Å²) in [6.07, 6.45) is 1.71. The SMILES string of the molecule is [C-]#[N+]c1ccc(-c2ccc(-c3ccc(C#N)nc3)cc2)cc1. The molecule has 0 fully saturated rings. The first-order valence-corrected chi connectivity index (χ1v) is 6.74. The molecule has 0 aliphatic carbocycles. The first kappa shape index (κ1) is 13.5. The summed E-state index contributed by atoms with van der Waals surface area (Å²) in [6, 6.07) is 21.3. The molecule has 102 valence electrons. The molecule has 3 heteroatoms. The smallest absolute Gasteiger partial charge is 0.187 e. The molecule has 0 N–H and O–H groups in total. The van der Waals surface area contributed by atoms with Crippen molar-refractivity contribution in [2.75, 3.05) is 0 Å². The third kappa shape index (κ3) is 2.70. The van der Waals surface area contributed by atoms with Gasteiger partial charge in [-0.25, -0.2) is 9.83 Å². The van der Waals surface area contributed by atoms with Gasteiger partial charge in [0.2, 0.25) is 0 Å². The monoisotopic (exact) mass is 281 g/mol. The predicted molar refractivity (Wildman–Crippen MR) is 86.1 cm³/mol. The molecular formula is C19H11N3. The van der Waals surface area contributed by atoms with Gasteiger partial charge >= 0.3 is 0 Å². The number of nitriles is 1. The van der Waals surface area contributed by atoms with E-state index in [1.165, 1.54) is 0 Å². The largest absolute Gasteiger partial charge is 0.245 e. The summed E-state index contributed by atoms with van der Waals surface area (Å²) in [5, 5.41) is 8.77. The van der Waals surface area contributed by atoms with E-state index in [0.717, 1.165) is 22.3 Å². The van der Waals surface area contributed by atoms with E-state index in [1.54, 1.807) is 12.3 Å². The zero-order chi connectivity index (χ0) is 15.4. The molecule has 3 nitrogen and oxygen atoms in total. The molecule has 1 aromatic heterocycles. The lowest BCUT2D eigenvalue weighted by Gasteiger charge is -2.05. The van der Waals surface area contributed by atoms with Crippen LogP contribution >= 0.6 is 0 Å². The molecule has 2 aromatic carbocycles. The van der Waals surface area contributed by atoms with Gasteiger partial charge in [-0.15, -0.1) is 0 Å². The Kier molecular flexibility index (Phi) is 3.64. The van der Waals surface area contributed by atoms with Crippen molar-refractivity contribution in [2.24, 2.45) is 0 Å². The molecule has 1 heterocycles. The van der Waals surface area contributed by atoms with Crippen LogP contribution in [0.25, 0.3) is 27.1 Å². The van der Waals surface area contributed by atoms with Crippen LogP contribution in [0, 0.1) is 17.9 Å². The van der Waals surface area contributed by atoms with Crippen molar-refractivity contribution in [3.05, 3.63) is 84.0 Å². The highest BCUT2D eigenvalue weighted by molar-refractivity contribution is 5.71. The molecule has 0 spiro atoms. The molecule has 3 rings (SSSR count). The first-order valence-electron chi connectivity index (χ1n) is 6.74. The fourth-order valence-electron chi connectivity index (χ4n) is 2.21. The van der Waals surface area contributed by atoms with E-state index >= 15 is 0 Å². The molecule has 22 heavy (non-hydrogen) atoms. The Morgan fingerprint density at radius 3 is 1.73 bits per heavy atom. The van der Waals surface area contributed by atoms with Gasteiger partial charge in [0.25, 0.3) is 0 Å². The van der Waals surface area contributed by atoms with Gasteiger partial charge in [0, 0.05) is 11.8 Å². The lowest BCUT2D eigenvalue weighted by Crippen LogP contribution is -1.84. The molecule has 0 aliphatic heterocycles. The van der Waals surface area contributed by atoms with Crippen LogP contribution < -0.4 is 0 Å². The summed E-state index contributed by atoms with van der Waals surface area (Å²) < 4.78 is 0. The highest BCUT2D eigenvalue weighted by Gasteiger charge is 2.01. The minimum Gasteiger partial charge on any atom is -0.245 e. The van der Waals surface area contributed by atoms with Crippen molar-refractivity contribution in [2.45, 2.75) is 0 Å². The topological polar surface area (TPSA) is 41.0 Å². The van der Waals surface area contributed by atoms with Crippen molar-refractivity contribution >= 4 is 5.69 Å². The van der Waals surface area contributed by atoms with Gasteiger partial charge in [0.15, 0.2) is 5.69 Å². The Labute approximate surface area is 128 Å². The van der Waals surface area contributed by atoms with E-state index in [-0.39, 0.29) is 0 Å². The van der Waals surface area contributed by atoms with Crippen LogP contribution in [0.15, 0.2) is 66.9 Å². The average Bonchev–Trinajstić information content (AvgIpc) is 2.62. The summed E-state index contributed by atoms with van der Waals surface area (Å²) in [7, 11) is 0. The molecule has 0 radical (unpaired) electrons. The van der Waals surface area contributed by atoms with E-state index in [9.17, 15) is 0 Å². The van der Waals surface area contributed by atoms with Gasteiger partial charge in [-0.3, -0.25) is 0 Å². The fraction of sp³-hybridized carbons (Fsp3) is 0. The van der Waals surface area contributed by atoms with Gasteiger partial charge < -0.3 is 0 Å². The van der Waals surface area contributed by atoms with E-state index in [0.29, 0.717) is 11.4 Å². The van der Waals surface area contributed by atoms with E-state index in [2.05, 4.69) is 9.83 Å². The number of benzene rings is 2. The summed E-state index contributed by atoms with van der Waals surface area (Å²) in [5.74, 6) is 0. The van der Waals surface area contributed by atoms with Crippen LogP contribution in [-0.2, 0) is 0 Å². The Balaban J connectivity index is 1.88. The van der Waals surface area contributed by atoms with Gasteiger partial charge in [-0.1, -0.05) is 48.5 Å². The second-order valence-electron chi connectivity index (χ2n) is 4.78. The highest BCUT2D eigenvalue weighted by atomic mass is 14.7. The third-order valence-corrected chi connectivity index (χ3v) is 3.43. The van der Waals surface area contributed by atoms with Crippen molar-refractivity contribution in [1.82, 2.24) is 4.98 Å². The van der Waals surface area contributed by atoms with Crippen LogP contribution in [0.3, 0.4) is 0 Å². The zero-order valence-electron chi connectivity index (χ0n) is 11.7. The second kappa shape index (κ2) is 5.91. The lowest BCUT2D eigenvalue weighted by atomic mass is 10.0. The van der Waals surface area contributed by atoms with Crippen molar-refractivity contribution < 1.29 is 0 Å². The quantitative estimate of drug-likeness (QED) is 0.631. The van der Waals surface area contributed by atoms with Crippen LogP contribution in [0.1, 0.15) is 5.69 Å². The van der Waals surface area contributed by atoms with Crippen molar-refractivity contribution in [3.8, 4) is 28.3 Å². The molecule has 3 aromatic rings. The summed E-state index contributed by atoms with van der Waals surface area (Å²) >= 11 is 0. The number of hydrogen-bond donors (Lipinski definition) is 0. The zero-order valence-corrected chi connectivity index (χ0v) is 11.7. The molecule has 0 saturated heterocycles. The molecular weight excluding hydrogens is 270 g/mol. The number of hydrogen-bond acceptors (Lipinski definition) is 2. The van der Waals surface area contributed by atoms with Gasteiger partial charge in [0.05, 0.1) is 6.57 Å². The Morgan fingerprint density at radius 2 is 1.27 bits per heavy atom. The fourth-order valence-corrected chi connectivity index (χ4v) is 2.21. The predicted octanol–water partition coefficient (Wildman–Crippen LogP) is 4.84. The molecule has 0 bridgehead atoms. The average molecular weight is 281 g/mol. The van der Waals surface area contributed by atoms with Crippen LogP contribution in [0.4, 0.5) is 5.69 Å². The maximum absolute atomic E-state index is 8.77. The van der Waals surface area contributed by atoms with E-state index in [1.807, 2.05) is 60.7 Å². The number of pyridine rings is 1. The number of nitrogens with zero attached hydrogens (tertiary/aromatic N) is 3. The summed E-state index contributed by atoms with van der Waals surface area (Å²) in [4.78, 5) is 7.48. The van der Waals surface area contributed by atoms with Gasteiger partial charge in [-0.05, 0) is 28.8 Å². The highest BCUT2D eigenvalue weighted by Crippen LogP contribution is 2.26. The van der Waals surface area contributed by atoms with Gasteiger partial charge in [0.1, 0.15) is 11.8 Å². The summed E-state index contributed by atoms with van der Waals surface area (Å²) in [5.41, 5.74) is 5.27. The van der Waals surface area contributed by atoms with Gasteiger partial charge in [-0.2, -0.15) is 5.26 Å². The minimum absolute atomic E-state index is 0.417. The minimum atomic E-state index is 0.417. The first-order chi connectivity index (χ1) is 10.8. The maximum atomic E-state index is 8.77. The second-order valence-corrected chi connectivity index (χ2v) is 4.78. The normalized spacial score (nSPS) is 9.73.